The minimum Gasteiger partial charge on any atom is -0.431 e. The van der Waals surface area contributed by atoms with Crippen molar-refractivity contribution in [3.8, 4) is 0 Å². The van der Waals surface area contributed by atoms with E-state index in [0.29, 0.717) is 6.61 Å². The van der Waals surface area contributed by atoms with Crippen LogP contribution >= 0.6 is 0 Å². The molecule has 1 rings (SSSR count). The zero-order valence-electron chi connectivity index (χ0n) is 25.4. The van der Waals surface area contributed by atoms with Gasteiger partial charge < -0.3 is 49.2 Å². The van der Waals surface area contributed by atoms with Crippen molar-refractivity contribution in [2.45, 2.75) is 152 Å². The van der Waals surface area contributed by atoms with Gasteiger partial charge in [0.05, 0.1) is 6.61 Å². The Labute approximate surface area is 246 Å². The molecular formula is C30H58O11. The van der Waals surface area contributed by atoms with Crippen LogP contribution in [0.25, 0.3) is 0 Å². The summed E-state index contributed by atoms with van der Waals surface area (Å²) in [5, 5.41) is 49.1. The highest BCUT2D eigenvalue weighted by Gasteiger charge is 2.51. The van der Waals surface area contributed by atoms with Crippen molar-refractivity contribution in [2.75, 3.05) is 33.7 Å². The first kappa shape index (κ1) is 38.0. The highest BCUT2D eigenvalue weighted by molar-refractivity contribution is 5.60. The topological polar surface area (TPSA) is 164 Å². The van der Waals surface area contributed by atoms with Gasteiger partial charge in [0, 0.05) is 13.7 Å². The number of aliphatic hydroxyl groups is 5. The van der Waals surface area contributed by atoms with Crippen LogP contribution in [0.15, 0.2) is 0 Å². The molecule has 41 heavy (non-hydrogen) atoms. The molecule has 0 amide bonds. The minimum absolute atomic E-state index is 0.186. The van der Waals surface area contributed by atoms with Crippen LogP contribution in [-0.4, -0.2) is 108 Å². The van der Waals surface area contributed by atoms with Crippen LogP contribution in [0.5, 0.6) is 0 Å². The van der Waals surface area contributed by atoms with Gasteiger partial charge in [-0.3, -0.25) is 0 Å². The van der Waals surface area contributed by atoms with Gasteiger partial charge in [-0.2, -0.15) is 0 Å². The van der Waals surface area contributed by atoms with Crippen LogP contribution in [0.1, 0.15) is 110 Å². The molecule has 0 radical (unpaired) electrons. The highest BCUT2D eigenvalue weighted by Crippen LogP contribution is 2.26. The Bertz CT molecular complexity index is 623. The third-order valence-corrected chi connectivity index (χ3v) is 7.71. The van der Waals surface area contributed by atoms with E-state index in [-0.39, 0.29) is 13.2 Å². The predicted molar refractivity (Wildman–Crippen MR) is 153 cm³/mol. The maximum absolute atomic E-state index is 12.1. The first-order valence-corrected chi connectivity index (χ1v) is 15.8. The normalized spacial score (nSPS) is 25.2. The van der Waals surface area contributed by atoms with Gasteiger partial charge >= 0.3 is 6.16 Å². The van der Waals surface area contributed by atoms with E-state index in [2.05, 4.69) is 6.92 Å². The van der Waals surface area contributed by atoms with Gasteiger partial charge in [-0.25, -0.2) is 4.79 Å². The molecule has 5 N–H and O–H groups in total. The first-order chi connectivity index (χ1) is 19.9. The Morgan fingerprint density at radius 2 is 1.15 bits per heavy atom. The Hall–Kier alpha value is -1.05. The third kappa shape index (κ3) is 16.4. The number of hydrogen-bond donors (Lipinski definition) is 5. The van der Waals surface area contributed by atoms with Crippen LogP contribution in [-0.2, 0) is 23.7 Å². The maximum Gasteiger partial charge on any atom is 0.508 e. The second-order valence-corrected chi connectivity index (χ2v) is 11.1. The fraction of sp³-hybridized carbons (Fsp3) is 0.967. The van der Waals surface area contributed by atoms with Crippen molar-refractivity contribution < 1.29 is 54.0 Å². The molecule has 11 nitrogen and oxygen atoms in total. The molecule has 0 heterocycles. The average Bonchev–Trinajstić information content (AvgIpc) is 2.97. The number of hydrogen-bond acceptors (Lipinski definition) is 11. The lowest BCUT2D eigenvalue weighted by Crippen LogP contribution is -2.65. The van der Waals surface area contributed by atoms with Crippen molar-refractivity contribution in [3.05, 3.63) is 0 Å². The van der Waals surface area contributed by atoms with E-state index in [1.54, 1.807) is 0 Å². The summed E-state index contributed by atoms with van der Waals surface area (Å²) in [5.74, 6) is 0. The van der Waals surface area contributed by atoms with Gasteiger partial charge in [0.25, 0.3) is 0 Å². The number of aliphatic hydroxyl groups excluding tert-OH is 5. The van der Waals surface area contributed by atoms with Gasteiger partial charge in [-0.15, -0.1) is 0 Å². The molecule has 0 bridgehead atoms. The zero-order chi connectivity index (χ0) is 30.3. The molecule has 244 valence electrons. The Kier molecular flexibility index (Phi) is 22.6. The molecule has 0 unspecified atom stereocenters. The van der Waals surface area contributed by atoms with Gasteiger partial charge in [-0.1, -0.05) is 103 Å². The number of ether oxygens (including phenoxy) is 5. The van der Waals surface area contributed by atoms with E-state index >= 15 is 0 Å². The van der Waals surface area contributed by atoms with Gasteiger partial charge in [0.15, 0.2) is 6.10 Å². The molecule has 1 fully saturated rings. The smallest absolute Gasteiger partial charge is 0.431 e. The minimum atomic E-state index is -1.78. The Balaban J connectivity index is 2.04. The predicted octanol–water partition coefficient (Wildman–Crippen LogP) is 3.59. The lowest BCUT2D eigenvalue weighted by molar-refractivity contribution is -0.249. The summed E-state index contributed by atoms with van der Waals surface area (Å²) in [5.41, 5.74) is 0. The lowest BCUT2D eigenvalue weighted by Gasteiger charge is -2.42. The SMILES string of the molecule is CCCCCCCCCCCCCCCCCCOC[C@H](COC(=O)O[C@@H]1[C@H](O)[C@@H](OCO)[C@@H](O)[C@H](O)[C@H]1O)OC. The van der Waals surface area contributed by atoms with Gasteiger partial charge in [0.1, 0.15) is 50.0 Å². The monoisotopic (exact) mass is 594 g/mol. The molecule has 0 saturated heterocycles. The summed E-state index contributed by atoms with van der Waals surface area (Å²) in [6, 6.07) is 0. The number of rotatable bonds is 25. The molecule has 1 aliphatic rings. The van der Waals surface area contributed by atoms with Gasteiger partial charge in [-0.05, 0) is 6.42 Å². The van der Waals surface area contributed by atoms with E-state index < -0.39 is 55.7 Å². The second kappa shape index (κ2) is 24.4. The standard InChI is InChI=1S/C30H58O11/c1-3-4-5-6-7-8-9-10-11-12-13-14-15-16-17-18-19-38-20-23(37-2)21-39-30(36)41-29-26(34)24(32)25(33)28(27(29)35)40-22-31/h23-29,31-35H,3-22H2,1-2H3/t23-,24+,25+,26-,27-,28+,29+/m1/s1. The molecule has 0 aromatic heterocycles. The number of methoxy groups -OCH3 is 1. The highest BCUT2D eigenvalue weighted by atomic mass is 16.7. The number of carbonyl (C=O) groups is 1. The first-order valence-electron chi connectivity index (χ1n) is 15.8. The van der Waals surface area contributed by atoms with E-state index in [4.69, 9.17) is 28.8 Å². The molecular weight excluding hydrogens is 536 g/mol. The molecule has 0 spiro atoms. The fourth-order valence-corrected chi connectivity index (χ4v) is 5.06. The summed E-state index contributed by atoms with van der Waals surface area (Å²) in [6.07, 6.45) is 9.09. The zero-order valence-corrected chi connectivity index (χ0v) is 25.4. The molecule has 7 atom stereocenters. The van der Waals surface area contributed by atoms with Gasteiger partial charge in [0.2, 0.25) is 0 Å². The van der Waals surface area contributed by atoms with Crippen LogP contribution in [0, 0.1) is 0 Å². The molecule has 1 saturated carbocycles. The summed E-state index contributed by atoms with van der Waals surface area (Å²) in [6.45, 7) is 2.02. The number of unbranched alkanes of at least 4 members (excludes halogenated alkanes) is 15. The van der Waals surface area contributed by atoms with Crippen molar-refractivity contribution in [2.24, 2.45) is 0 Å². The molecule has 0 aromatic carbocycles. The maximum atomic E-state index is 12.1. The van der Waals surface area contributed by atoms with Crippen LogP contribution < -0.4 is 0 Å². The summed E-state index contributed by atoms with van der Waals surface area (Å²) in [7, 11) is 1.46. The fourth-order valence-electron chi connectivity index (χ4n) is 5.06. The third-order valence-electron chi connectivity index (χ3n) is 7.71. The van der Waals surface area contributed by atoms with E-state index in [1.165, 1.54) is 97.0 Å². The average molecular weight is 595 g/mol. The number of carbonyl (C=O) groups excluding carboxylic acids is 1. The summed E-state index contributed by atoms with van der Waals surface area (Å²) in [4.78, 5) is 12.1. The second-order valence-electron chi connectivity index (χ2n) is 11.1. The van der Waals surface area contributed by atoms with E-state index in [0.717, 1.165) is 12.8 Å². The van der Waals surface area contributed by atoms with Crippen LogP contribution in [0.4, 0.5) is 4.79 Å². The van der Waals surface area contributed by atoms with Crippen LogP contribution in [0.3, 0.4) is 0 Å². The molecule has 0 aliphatic heterocycles. The van der Waals surface area contributed by atoms with Crippen molar-refractivity contribution in [1.82, 2.24) is 0 Å². The summed E-state index contributed by atoms with van der Waals surface area (Å²) >= 11 is 0. The van der Waals surface area contributed by atoms with E-state index in [1.807, 2.05) is 0 Å². The van der Waals surface area contributed by atoms with E-state index in [9.17, 15) is 25.2 Å². The Morgan fingerprint density at radius 3 is 1.63 bits per heavy atom. The van der Waals surface area contributed by atoms with Crippen LogP contribution in [0.2, 0.25) is 0 Å². The van der Waals surface area contributed by atoms with Crippen molar-refractivity contribution in [3.63, 3.8) is 0 Å². The molecule has 0 aromatic rings. The largest absolute Gasteiger partial charge is 0.508 e. The lowest BCUT2D eigenvalue weighted by atomic mass is 9.84. The van der Waals surface area contributed by atoms with Crippen molar-refractivity contribution in [1.29, 1.82) is 0 Å². The molecule has 11 heteroatoms. The Morgan fingerprint density at radius 1 is 0.659 bits per heavy atom. The molecule has 1 aliphatic carbocycles. The van der Waals surface area contributed by atoms with Crippen molar-refractivity contribution >= 4 is 6.16 Å². The summed E-state index contributed by atoms with van der Waals surface area (Å²) < 4.78 is 25.7. The quantitative estimate of drug-likeness (QED) is 0.0596.